The zero-order chi connectivity index (χ0) is 19.2. The van der Waals surface area contributed by atoms with Crippen LogP contribution in [0.15, 0.2) is 42.5 Å². The highest BCUT2D eigenvalue weighted by molar-refractivity contribution is 5.77. The summed E-state index contributed by atoms with van der Waals surface area (Å²) in [6.45, 7) is 2.62. The number of ether oxygens (including phenoxy) is 2. The van der Waals surface area contributed by atoms with E-state index < -0.39 is 0 Å². The summed E-state index contributed by atoms with van der Waals surface area (Å²) in [6.07, 6.45) is 2.70. The maximum atomic E-state index is 13.5. The molecule has 1 aliphatic rings. The minimum atomic E-state index is -0.201. The Morgan fingerprint density at radius 2 is 1.89 bits per heavy atom. The fourth-order valence-electron chi connectivity index (χ4n) is 3.26. The van der Waals surface area contributed by atoms with Crippen LogP contribution >= 0.6 is 0 Å². The molecule has 1 atom stereocenters. The molecule has 0 saturated heterocycles. The van der Waals surface area contributed by atoms with E-state index in [0.29, 0.717) is 31.1 Å². The summed E-state index contributed by atoms with van der Waals surface area (Å²) < 4.78 is 24.3. The Hall–Kier alpha value is -2.56. The van der Waals surface area contributed by atoms with Gasteiger partial charge in [0.05, 0.1) is 13.7 Å². The van der Waals surface area contributed by atoms with E-state index in [2.05, 4.69) is 5.32 Å². The molecule has 0 aliphatic heterocycles. The first-order valence-electron chi connectivity index (χ1n) is 9.36. The van der Waals surface area contributed by atoms with Crippen LogP contribution in [0.3, 0.4) is 0 Å². The molecular formula is C22H26FNO3. The van der Waals surface area contributed by atoms with Crippen molar-refractivity contribution in [3.63, 3.8) is 0 Å². The lowest BCUT2D eigenvalue weighted by Gasteiger charge is -2.17. The van der Waals surface area contributed by atoms with E-state index in [1.54, 1.807) is 14.0 Å². The number of halogens is 1. The van der Waals surface area contributed by atoms with Gasteiger partial charge in [-0.25, -0.2) is 4.39 Å². The average molecular weight is 371 g/mol. The number of benzene rings is 2. The van der Waals surface area contributed by atoms with Crippen molar-refractivity contribution in [2.24, 2.45) is 5.92 Å². The third kappa shape index (κ3) is 5.46. The Morgan fingerprint density at radius 1 is 1.19 bits per heavy atom. The van der Waals surface area contributed by atoms with Crippen molar-refractivity contribution in [2.75, 3.05) is 20.3 Å². The summed E-state index contributed by atoms with van der Waals surface area (Å²) in [6, 6.07) is 12.5. The van der Waals surface area contributed by atoms with Crippen LogP contribution in [0.4, 0.5) is 4.39 Å². The van der Waals surface area contributed by atoms with Crippen molar-refractivity contribution in [3.8, 4) is 11.5 Å². The molecule has 27 heavy (non-hydrogen) atoms. The SMILES string of the molecule is COc1ccc(OCCNC(=O)CC(c2ccc(F)c(C)c2)C2CC2)cc1. The molecule has 0 spiro atoms. The summed E-state index contributed by atoms with van der Waals surface area (Å²) in [5.41, 5.74) is 1.69. The molecule has 5 heteroatoms. The summed E-state index contributed by atoms with van der Waals surface area (Å²) >= 11 is 0. The normalized spacial score (nSPS) is 14.5. The average Bonchev–Trinajstić information content (AvgIpc) is 3.51. The number of amides is 1. The monoisotopic (exact) mass is 371 g/mol. The van der Waals surface area contributed by atoms with Gasteiger partial charge in [0.15, 0.2) is 0 Å². The molecule has 1 unspecified atom stereocenters. The van der Waals surface area contributed by atoms with E-state index in [9.17, 15) is 9.18 Å². The maximum absolute atomic E-state index is 13.5. The molecule has 3 rings (SSSR count). The Balaban J connectivity index is 1.46. The first kappa shape index (κ1) is 19.2. The zero-order valence-electron chi connectivity index (χ0n) is 15.8. The molecule has 1 aliphatic carbocycles. The number of hydrogen-bond acceptors (Lipinski definition) is 3. The van der Waals surface area contributed by atoms with Gasteiger partial charge in [-0.05, 0) is 73.1 Å². The summed E-state index contributed by atoms with van der Waals surface area (Å²) in [7, 11) is 1.62. The van der Waals surface area contributed by atoms with Crippen molar-refractivity contribution < 1.29 is 18.7 Å². The molecule has 144 valence electrons. The molecule has 2 aromatic carbocycles. The maximum Gasteiger partial charge on any atom is 0.220 e. The number of hydrogen-bond donors (Lipinski definition) is 1. The summed E-state index contributed by atoms with van der Waals surface area (Å²) in [4.78, 5) is 12.3. The van der Waals surface area contributed by atoms with E-state index in [4.69, 9.17) is 9.47 Å². The molecule has 0 radical (unpaired) electrons. The fourth-order valence-corrected chi connectivity index (χ4v) is 3.26. The molecule has 0 heterocycles. The third-order valence-corrected chi connectivity index (χ3v) is 4.96. The van der Waals surface area contributed by atoms with Gasteiger partial charge in [-0.3, -0.25) is 4.79 Å². The van der Waals surface area contributed by atoms with Gasteiger partial charge in [-0.1, -0.05) is 12.1 Å². The first-order valence-corrected chi connectivity index (χ1v) is 9.36. The van der Waals surface area contributed by atoms with E-state index in [0.717, 1.165) is 29.9 Å². The van der Waals surface area contributed by atoms with Gasteiger partial charge in [0.1, 0.15) is 23.9 Å². The fraction of sp³-hybridized carbons (Fsp3) is 0.409. The van der Waals surface area contributed by atoms with Gasteiger partial charge in [0.25, 0.3) is 0 Å². The molecule has 4 nitrogen and oxygen atoms in total. The molecule has 0 aromatic heterocycles. The predicted octanol–water partition coefficient (Wildman–Crippen LogP) is 4.22. The Labute approximate surface area is 159 Å². The second-order valence-corrected chi connectivity index (χ2v) is 7.03. The number of rotatable bonds is 9. The number of aryl methyl sites for hydroxylation is 1. The predicted molar refractivity (Wildman–Crippen MR) is 103 cm³/mol. The third-order valence-electron chi connectivity index (χ3n) is 4.96. The lowest BCUT2D eigenvalue weighted by Crippen LogP contribution is -2.29. The molecule has 1 fully saturated rings. The lowest BCUT2D eigenvalue weighted by molar-refractivity contribution is -0.121. The highest BCUT2D eigenvalue weighted by Gasteiger charge is 2.33. The van der Waals surface area contributed by atoms with E-state index in [-0.39, 0.29) is 17.6 Å². The molecule has 1 amide bonds. The largest absolute Gasteiger partial charge is 0.497 e. The molecule has 1 saturated carbocycles. The second-order valence-electron chi connectivity index (χ2n) is 7.03. The van der Waals surface area contributed by atoms with Crippen LogP contribution < -0.4 is 14.8 Å². The van der Waals surface area contributed by atoms with Crippen molar-refractivity contribution >= 4 is 5.91 Å². The highest BCUT2D eigenvalue weighted by atomic mass is 19.1. The van der Waals surface area contributed by atoms with E-state index in [1.807, 2.05) is 36.4 Å². The van der Waals surface area contributed by atoms with Crippen LogP contribution in [-0.2, 0) is 4.79 Å². The van der Waals surface area contributed by atoms with Crippen LogP contribution in [-0.4, -0.2) is 26.2 Å². The van der Waals surface area contributed by atoms with E-state index in [1.165, 1.54) is 6.07 Å². The number of carbonyl (C=O) groups excluding carboxylic acids is 1. The van der Waals surface area contributed by atoms with Gasteiger partial charge in [0.2, 0.25) is 5.91 Å². The van der Waals surface area contributed by atoms with Crippen LogP contribution in [0, 0.1) is 18.7 Å². The minimum Gasteiger partial charge on any atom is -0.497 e. The summed E-state index contributed by atoms with van der Waals surface area (Å²) in [5.74, 6) is 2.00. The first-order chi connectivity index (χ1) is 13.1. The van der Waals surface area contributed by atoms with Gasteiger partial charge in [-0.15, -0.1) is 0 Å². The zero-order valence-corrected chi connectivity index (χ0v) is 15.8. The smallest absolute Gasteiger partial charge is 0.220 e. The molecule has 0 bridgehead atoms. The van der Waals surface area contributed by atoms with Crippen molar-refractivity contribution in [1.29, 1.82) is 0 Å². The molecule has 2 aromatic rings. The quantitative estimate of drug-likeness (QED) is 0.672. The molecule has 1 N–H and O–H groups in total. The van der Waals surface area contributed by atoms with Crippen LogP contribution in [0.1, 0.15) is 36.3 Å². The minimum absolute atomic E-state index is 0.00667. The van der Waals surface area contributed by atoms with Crippen molar-refractivity contribution in [3.05, 3.63) is 59.4 Å². The van der Waals surface area contributed by atoms with Gasteiger partial charge >= 0.3 is 0 Å². The van der Waals surface area contributed by atoms with Crippen molar-refractivity contribution in [2.45, 2.75) is 32.1 Å². The number of nitrogens with one attached hydrogen (secondary N) is 1. The Bertz CT molecular complexity index is 772. The van der Waals surface area contributed by atoms with E-state index >= 15 is 0 Å². The lowest BCUT2D eigenvalue weighted by atomic mass is 9.89. The topological polar surface area (TPSA) is 47.6 Å². The van der Waals surface area contributed by atoms with Crippen LogP contribution in [0.25, 0.3) is 0 Å². The number of carbonyl (C=O) groups is 1. The van der Waals surface area contributed by atoms with Crippen LogP contribution in [0.5, 0.6) is 11.5 Å². The van der Waals surface area contributed by atoms with Gasteiger partial charge in [-0.2, -0.15) is 0 Å². The van der Waals surface area contributed by atoms with Crippen LogP contribution in [0.2, 0.25) is 0 Å². The van der Waals surface area contributed by atoms with Gasteiger partial charge < -0.3 is 14.8 Å². The second kappa shape index (κ2) is 8.89. The number of methoxy groups -OCH3 is 1. The van der Waals surface area contributed by atoms with Gasteiger partial charge in [0, 0.05) is 6.42 Å². The Kier molecular flexibility index (Phi) is 6.32. The molecular weight excluding hydrogens is 345 g/mol. The standard InChI is InChI=1S/C22H26FNO3/c1-15-13-17(5-10-21(15)23)20(16-3-4-16)14-22(25)24-11-12-27-19-8-6-18(26-2)7-9-19/h5-10,13,16,20H,3-4,11-12,14H2,1-2H3,(H,24,25). The summed E-state index contributed by atoms with van der Waals surface area (Å²) in [5, 5.41) is 2.92. The highest BCUT2D eigenvalue weighted by Crippen LogP contribution is 2.44. The Morgan fingerprint density at radius 3 is 2.52 bits per heavy atom. The van der Waals surface area contributed by atoms with Crippen molar-refractivity contribution in [1.82, 2.24) is 5.32 Å².